The number of rotatable bonds is 2. The molecular weight excluding hydrogens is 263 g/mol. The zero-order valence-electron chi connectivity index (χ0n) is 10.6. The molecule has 3 rings (SSSR count). The monoisotopic (exact) mass is 274 g/mol. The van der Waals surface area contributed by atoms with Gasteiger partial charge in [0.25, 0.3) is 5.56 Å². The summed E-state index contributed by atoms with van der Waals surface area (Å²) in [6.07, 6.45) is 1.86. The standard InChI is InChI=1S/C12H11FN6O/c1-19-5-15-10(18-19)4-9-11-7(12(20)17-16-9)2-6(13)3-8(11)14/h2-3,5H,4,14H2,1H3,(H,17,20). The number of fused-ring (bicyclic) bond motifs is 1. The minimum absolute atomic E-state index is 0.170. The molecule has 7 nitrogen and oxygen atoms in total. The molecule has 8 heteroatoms. The second-order valence-electron chi connectivity index (χ2n) is 4.43. The average molecular weight is 274 g/mol. The van der Waals surface area contributed by atoms with Crippen LogP contribution in [0.25, 0.3) is 10.8 Å². The van der Waals surface area contributed by atoms with E-state index in [2.05, 4.69) is 20.3 Å². The van der Waals surface area contributed by atoms with Gasteiger partial charge in [0, 0.05) is 18.1 Å². The highest BCUT2D eigenvalue weighted by Gasteiger charge is 2.13. The first-order valence-electron chi connectivity index (χ1n) is 5.85. The van der Waals surface area contributed by atoms with Crippen LogP contribution in [-0.4, -0.2) is 25.0 Å². The number of aryl methyl sites for hydroxylation is 1. The number of hydrogen-bond donors (Lipinski definition) is 2. The van der Waals surface area contributed by atoms with Crippen molar-refractivity contribution in [1.82, 2.24) is 25.0 Å². The predicted octanol–water partition coefficient (Wildman–Crippen LogP) is 0.364. The van der Waals surface area contributed by atoms with Crippen molar-refractivity contribution in [3.8, 4) is 0 Å². The molecule has 2 heterocycles. The Labute approximate surface area is 112 Å². The van der Waals surface area contributed by atoms with Gasteiger partial charge in [0.05, 0.1) is 17.5 Å². The maximum atomic E-state index is 13.4. The van der Waals surface area contributed by atoms with E-state index >= 15 is 0 Å². The van der Waals surface area contributed by atoms with Crippen LogP contribution in [0.4, 0.5) is 10.1 Å². The van der Waals surface area contributed by atoms with Gasteiger partial charge in [-0.15, -0.1) is 0 Å². The third kappa shape index (κ3) is 2.00. The molecule has 3 aromatic rings. The highest BCUT2D eigenvalue weighted by atomic mass is 19.1. The van der Waals surface area contributed by atoms with E-state index in [0.717, 1.165) is 6.07 Å². The molecule has 3 N–H and O–H groups in total. The van der Waals surface area contributed by atoms with Crippen molar-refractivity contribution in [2.45, 2.75) is 6.42 Å². The number of nitrogens with zero attached hydrogens (tertiary/aromatic N) is 4. The van der Waals surface area contributed by atoms with Gasteiger partial charge in [-0.25, -0.2) is 14.5 Å². The van der Waals surface area contributed by atoms with Crippen LogP contribution in [-0.2, 0) is 13.5 Å². The van der Waals surface area contributed by atoms with E-state index in [0.29, 0.717) is 23.3 Å². The van der Waals surface area contributed by atoms with Gasteiger partial charge in [-0.05, 0) is 12.1 Å². The molecule has 0 aliphatic rings. The lowest BCUT2D eigenvalue weighted by atomic mass is 10.1. The molecule has 0 amide bonds. The molecule has 0 unspecified atom stereocenters. The normalized spacial score (nSPS) is 11.1. The summed E-state index contributed by atoms with van der Waals surface area (Å²) in [4.78, 5) is 15.8. The minimum atomic E-state index is -0.561. The Morgan fingerprint density at radius 3 is 2.95 bits per heavy atom. The second kappa shape index (κ2) is 4.41. The quantitative estimate of drug-likeness (QED) is 0.657. The van der Waals surface area contributed by atoms with Crippen LogP contribution in [0.3, 0.4) is 0 Å². The van der Waals surface area contributed by atoms with Crippen molar-refractivity contribution in [2.24, 2.45) is 7.05 Å². The fourth-order valence-electron chi connectivity index (χ4n) is 2.11. The van der Waals surface area contributed by atoms with Gasteiger partial charge in [0.1, 0.15) is 12.1 Å². The fourth-order valence-corrected chi connectivity index (χ4v) is 2.11. The van der Waals surface area contributed by atoms with Crippen LogP contribution in [0, 0.1) is 5.82 Å². The number of halogens is 1. The van der Waals surface area contributed by atoms with E-state index in [-0.39, 0.29) is 11.1 Å². The Morgan fingerprint density at radius 2 is 2.25 bits per heavy atom. The third-order valence-electron chi connectivity index (χ3n) is 2.93. The highest BCUT2D eigenvalue weighted by molar-refractivity contribution is 5.94. The van der Waals surface area contributed by atoms with Gasteiger partial charge in [-0.2, -0.15) is 10.2 Å². The number of aromatic nitrogens is 5. The number of benzene rings is 1. The van der Waals surface area contributed by atoms with Gasteiger partial charge in [0.2, 0.25) is 0 Å². The number of nitrogens with one attached hydrogen (secondary N) is 1. The van der Waals surface area contributed by atoms with Crippen molar-refractivity contribution in [3.05, 3.63) is 46.1 Å². The van der Waals surface area contributed by atoms with Gasteiger partial charge in [-0.3, -0.25) is 9.48 Å². The average Bonchev–Trinajstić information content (AvgIpc) is 2.78. The molecule has 0 bridgehead atoms. The van der Waals surface area contributed by atoms with Crippen molar-refractivity contribution in [2.75, 3.05) is 5.73 Å². The van der Waals surface area contributed by atoms with Crippen LogP contribution in [0.1, 0.15) is 11.5 Å². The minimum Gasteiger partial charge on any atom is -0.398 e. The molecule has 0 radical (unpaired) electrons. The Balaban J connectivity index is 2.21. The molecule has 0 atom stereocenters. The van der Waals surface area contributed by atoms with Gasteiger partial charge >= 0.3 is 0 Å². The summed E-state index contributed by atoms with van der Waals surface area (Å²) in [6.45, 7) is 0. The topological polar surface area (TPSA) is 102 Å². The molecule has 20 heavy (non-hydrogen) atoms. The van der Waals surface area contributed by atoms with E-state index in [1.54, 1.807) is 18.1 Å². The van der Waals surface area contributed by atoms with Crippen LogP contribution in [0.15, 0.2) is 23.3 Å². The van der Waals surface area contributed by atoms with E-state index < -0.39 is 11.4 Å². The molecule has 0 aliphatic carbocycles. The third-order valence-corrected chi connectivity index (χ3v) is 2.93. The Bertz CT molecular complexity index is 853. The number of nitrogens with two attached hydrogens (primary N) is 1. The van der Waals surface area contributed by atoms with E-state index in [1.165, 1.54) is 6.07 Å². The lowest BCUT2D eigenvalue weighted by Crippen LogP contribution is -2.13. The maximum Gasteiger partial charge on any atom is 0.272 e. The first-order valence-corrected chi connectivity index (χ1v) is 5.85. The number of hydrogen-bond acceptors (Lipinski definition) is 5. The Hall–Kier alpha value is -2.77. The Kier molecular flexibility index (Phi) is 2.70. The summed E-state index contributed by atoms with van der Waals surface area (Å²) >= 11 is 0. The summed E-state index contributed by atoms with van der Waals surface area (Å²) in [5.74, 6) is -0.0225. The summed E-state index contributed by atoms with van der Waals surface area (Å²) < 4.78 is 14.9. The summed E-state index contributed by atoms with van der Waals surface area (Å²) in [5, 5.41) is 11.1. The summed E-state index contributed by atoms with van der Waals surface area (Å²) in [6, 6.07) is 2.31. The zero-order chi connectivity index (χ0) is 14.3. The molecule has 0 fully saturated rings. The number of nitrogen functional groups attached to an aromatic ring is 1. The summed E-state index contributed by atoms with van der Waals surface area (Å²) in [5.41, 5.74) is 6.00. The smallest absolute Gasteiger partial charge is 0.272 e. The molecule has 0 saturated carbocycles. The van der Waals surface area contributed by atoms with Crippen LogP contribution in [0.5, 0.6) is 0 Å². The molecule has 2 aromatic heterocycles. The first kappa shape index (κ1) is 12.3. The fraction of sp³-hybridized carbons (Fsp3) is 0.167. The number of aromatic amines is 1. The lowest BCUT2D eigenvalue weighted by molar-refractivity contribution is 0.630. The largest absolute Gasteiger partial charge is 0.398 e. The highest BCUT2D eigenvalue weighted by Crippen LogP contribution is 2.23. The van der Waals surface area contributed by atoms with Crippen molar-refractivity contribution in [3.63, 3.8) is 0 Å². The molecule has 1 aromatic carbocycles. The molecule has 0 spiro atoms. The second-order valence-corrected chi connectivity index (χ2v) is 4.43. The van der Waals surface area contributed by atoms with Crippen molar-refractivity contribution >= 4 is 16.5 Å². The number of H-pyrrole nitrogens is 1. The van der Waals surface area contributed by atoms with Crippen LogP contribution >= 0.6 is 0 Å². The van der Waals surface area contributed by atoms with E-state index in [1.807, 2.05) is 0 Å². The molecule has 102 valence electrons. The molecular formula is C12H11FN6O. The molecule has 0 aliphatic heterocycles. The zero-order valence-corrected chi connectivity index (χ0v) is 10.6. The maximum absolute atomic E-state index is 13.4. The number of anilines is 1. The molecule has 0 saturated heterocycles. The van der Waals surface area contributed by atoms with Crippen LogP contribution < -0.4 is 11.3 Å². The van der Waals surface area contributed by atoms with Crippen molar-refractivity contribution < 1.29 is 4.39 Å². The van der Waals surface area contributed by atoms with E-state index in [4.69, 9.17) is 5.73 Å². The Morgan fingerprint density at radius 1 is 1.45 bits per heavy atom. The van der Waals surface area contributed by atoms with Gasteiger partial charge < -0.3 is 5.73 Å². The van der Waals surface area contributed by atoms with Crippen molar-refractivity contribution in [1.29, 1.82) is 0 Å². The SMILES string of the molecule is Cn1cnc(Cc2n[nH]c(=O)c3cc(F)cc(N)c23)n1. The van der Waals surface area contributed by atoms with Gasteiger partial charge in [-0.1, -0.05) is 0 Å². The lowest BCUT2D eigenvalue weighted by Gasteiger charge is -2.06. The summed E-state index contributed by atoms with van der Waals surface area (Å²) in [7, 11) is 1.75. The predicted molar refractivity (Wildman–Crippen MR) is 70.5 cm³/mol. The van der Waals surface area contributed by atoms with Gasteiger partial charge in [0.15, 0.2) is 5.82 Å². The van der Waals surface area contributed by atoms with E-state index in [9.17, 15) is 9.18 Å². The first-order chi connectivity index (χ1) is 9.54. The van der Waals surface area contributed by atoms with Crippen LogP contribution in [0.2, 0.25) is 0 Å².